The van der Waals surface area contributed by atoms with Crippen LogP contribution in [0, 0.1) is 11.6 Å². The van der Waals surface area contributed by atoms with Gasteiger partial charge in [0.15, 0.2) is 0 Å². The summed E-state index contributed by atoms with van der Waals surface area (Å²) in [4.78, 5) is 5.78. The zero-order valence-corrected chi connectivity index (χ0v) is 17.1. The molecule has 0 aliphatic carbocycles. The lowest BCUT2D eigenvalue weighted by molar-refractivity contribution is 0.0163. The molecular formula is C23H21F2NO2S. The van der Waals surface area contributed by atoms with Gasteiger partial charge < -0.3 is 9.57 Å². The Morgan fingerprint density at radius 3 is 2.59 bits per heavy atom. The highest BCUT2D eigenvalue weighted by Gasteiger charge is 2.36. The molecular weight excluding hydrogens is 392 g/mol. The molecule has 0 saturated carbocycles. The van der Waals surface area contributed by atoms with E-state index >= 15 is 0 Å². The smallest absolute Gasteiger partial charge is 0.149 e. The van der Waals surface area contributed by atoms with E-state index in [9.17, 15) is 8.78 Å². The SMILES string of the molecule is COc1ccc2ccccc2c1C1=NOC(C)(CSCc2c(F)cccc2F)C1. The molecule has 6 heteroatoms. The van der Waals surface area contributed by atoms with Crippen molar-refractivity contribution >= 4 is 28.2 Å². The molecule has 1 atom stereocenters. The van der Waals surface area contributed by atoms with Crippen LogP contribution in [0.5, 0.6) is 5.75 Å². The lowest BCUT2D eigenvalue weighted by Gasteiger charge is -2.21. The van der Waals surface area contributed by atoms with Gasteiger partial charge in [-0.1, -0.05) is 41.6 Å². The van der Waals surface area contributed by atoms with Crippen LogP contribution in [0.25, 0.3) is 10.8 Å². The van der Waals surface area contributed by atoms with Gasteiger partial charge in [0.25, 0.3) is 0 Å². The molecule has 4 rings (SSSR count). The maximum absolute atomic E-state index is 13.8. The van der Waals surface area contributed by atoms with Gasteiger partial charge in [-0.25, -0.2) is 8.78 Å². The first-order valence-electron chi connectivity index (χ1n) is 9.32. The predicted octanol–water partition coefficient (Wildman–Crippen LogP) is 5.94. The molecule has 0 amide bonds. The summed E-state index contributed by atoms with van der Waals surface area (Å²) in [7, 11) is 1.64. The number of hydrogen-bond acceptors (Lipinski definition) is 4. The third-order valence-corrected chi connectivity index (χ3v) is 6.34. The van der Waals surface area contributed by atoms with E-state index in [-0.39, 0.29) is 11.3 Å². The molecule has 0 N–H and O–H groups in total. The van der Waals surface area contributed by atoms with Gasteiger partial charge in [0.05, 0.1) is 12.8 Å². The number of halogens is 2. The molecule has 1 aliphatic heterocycles. The van der Waals surface area contributed by atoms with Crippen LogP contribution in [0.1, 0.15) is 24.5 Å². The number of benzene rings is 3. The summed E-state index contributed by atoms with van der Waals surface area (Å²) < 4.78 is 33.3. The van der Waals surface area contributed by atoms with Crippen molar-refractivity contribution in [1.29, 1.82) is 0 Å². The van der Waals surface area contributed by atoms with Crippen LogP contribution in [-0.2, 0) is 10.6 Å². The van der Waals surface area contributed by atoms with Gasteiger partial charge in [-0.15, -0.1) is 0 Å². The second kappa shape index (κ2) is 8.03. The monoisotopic (exact) mass is 413 g/mol. The number of rotatable bonds is 6. The Morgan fingerprint density at radius 2 is 1.83 bits per heavy atom. The third-order valence-electron chi connectivity index (χ3n) is 5.03. The van der Waals surface area contributed by atoms with E-state index in [1.807, 2.05) is 43.3 Å². The van der Waals surface area contributed by atoms with Crippen molar-refractivity contribution < 1.29 is 18.4 Å². The number of ether oxygens (including phenoxy) is 1. The van der Waals surface area contributed by atoms with Crippen LogP contribution in [-0.4, -0.2) is 24.2 Å². The Bertz CT molecular complexity index is 1070. The van der Waals surface area contributed by atoms with Crippen LogP contribution in [0.3, 0.4) is 0 Å². The fourth-order valence-electron chi connectivity index (χ4n) is 3.55. The van der Waals surface area contributed by atoms with Crippen LogP contribution in [0.4, 0.5) is 8.78 Å². The molecule has 150 valence electrons. The average molecular weight is 413 g/mol. The second-order valence-electron chi connectivity index (χ2n) is 7.31. The molecule has 1 heterocycles. The first kappa shape index (κ1) is 19.7. The lowest BCUT2D eigenvalue weighted by Crippen LogP contribution is -2.28. The van der Waals surface area contributed by atoms with E-state index in [2.05, 4.69) is 5.16 Å². The molecule has 0 saturated heterocycles. The van der Waals surface area contributed by atoms with Crippen LogP contribution in [0.15, 0.2) is 59.8 Å². The highest BCUT2D eigenvalue weighted by molar-refractivity contribution is 7.98. The standard InChI is InChI=1S/C23H21F2NO2S/c1-23(14-29-13-17-18(24)8-5-9-19(17)25)12-20(26-28-23)22-16-7-4-3-6-15(16)10-11-21(22)27-2/h3-11H,12-14H2,1-2H3. The first-order valence-corrected chi connectivity index (χ1v) is 10.5. The van der Waals surface area contributed by atoms with Gasteiger partial charge in [-0.05, 0) is 35.9 Å². The number of hydrogen-bond donors (Lipinski definition) is 0. The molecule has 0 bridgehead atoms. The summed E-state index contributed by atoms with van der Waals surface area (Å²) in [5, 5.41) is 6.51. The van der Waals surface area contributed by atoms with Gasteiger partial charge >= 0.3 is 0 Å². The highest BCUT2D eigenvalue weighted by Crippen LogP contribution is 2.36. The van der Waals surface area contributed by atoms with E-state index in [0.717, 1.165) is 27.8 Å². The topological polar surface area (TPSA) is 30.8 Å². The Hall–Kier alpha value is -2.60. The molecule has 0 spiro atoms. The molecule has 0 fully saturated rings. The zero-order valence-electron chi connectivity index (χ0n) is 16.2. The maximum atomic E-state index is 13.8. The first-order chi connectivity index (χ1) is 14.0. The molecule has 29 heavy (non-hydrogen) atoms. The molecule has 3 aromatic carbocycles. The zero-order chi connectivity index (χ0) is 20.4. The molecule has 3 aromatic rings. The molecule has 0 radical (unpaired) electrons. The van der Waals surface area contributed by atoms with Crippen molar-refractivity contribution in [1.82, 2.24) is 0 Å². The van der Waals surface area contributed by atoms with Crippen LogP contribution in [0.2, 0.25) is 0 Å². The molecule has 1 unspecified atom stereocenters. The van der Waals surface area contributed by atoms with Crippen molar-refractivity contribution in [2.24, 2.45) is 5.16 Å². The van der Waals surface area contributed by atoms with Crippen molar-refractivity contribution in [2.45, 2.75) is 24.7 Å². The summed E-state index contributed by atoms with van der Waals surface area (Å²) in [6.07, 6.45) is 0.587. The van der Waals surface area contributed by atoms with E-state index in [1.165, 1.54) is 30.0 Å². The fourth-order valence-corrected chi connectivity index (χ4v) is 4.72. The summed E-state index contributed by atoms with van der Waals surface area (Å²) in [5.74, 6) is 0.502. The lowest BCUT2D eigenvalue weighted by atomic mass is 9.93. The predicted molar refractivity (Wildman–Crippen MR) is 114 cm³/mol. The third kappa shape index (κ3) is 3.94. The van der Waals surface area contributed by atoms with E-state index < -0.39 is 17.2 Å². The van der Waals surface area contributed by atoms with Gasteiger partial charge in [0.1, 0.15) is 23.0 Å². The fraction of sp³-hybridized carbons (Fsp3) is 0.261. The van der Waals surface area contributed by atoms with Crippen LogP contribution < -0.4 is 4.74 Å². The maximum Gasteiger partial charge on any atom is 0.149 e. The Balaban J connectivity index is 1.51. The largest absolute Gasteiger partial charge is 0.496 e. The number of nitrogens with zero attached hydrogens (tertiary/aromatic N) is 1. The summed E-state index contributed by atoms with van der Waals surface area (Å²) in [5.41, 5.74) is 1.29. The van der Waals surface area contributed by atoms with Gasteiger partial charge in [-0.2, -0.15) is 11.8 Å². The summed E-state index contributed by atoms with van der Waals surface area (Å²) in [6.45, 7) is 1.96. The van der Waals surface area contributed by atoms with Gasteiger partial charge in [0, 0.05) is 29.1 Å². The summed E-state index contributed by atoms with van der Waals surface area (Å²) >= 11 is 1.43. The minimum Gasteiger partial charge on any atom is -0.496 e. The molecule has 1 aliphatic rings. The normalized spacial score (nSPS) is 18.6. The summed E-state index contributed by atoms with van der Waals surface area (Å²) in [6, 6.07) is 16.0. The number of fused-ring (bicyclic) bond motifs is 1. The van der Waals surface area contributed by atoms with E-state index in [1.54, 1.807) is 7.11 Å². The van der Waals surface area contributed by atoms with Gasteiger partial charge in [0.2, 0.25) is 0 Å². The molecule has 0 aromatic heterocycles. The highest BCUT2D eigenvalue weighted by atomic mass is 32.2. The average Bonchev–Trinajstić information content (AvgIpc) is 3.11. The molecule has 3 nitrogen and oxygen atoms in total. The van der Waals surface area contributed by atoms with Crippen molar-refractivity contribution in [3.05, 3.63) is 77.4 Å². The number of methoxy groups -OCH3 is 1. The Morgan fingerprint density at radius 1 is 1.07 bits per heavy atom. The van der Waals surface area contributed by atoms with E-state index in [4.69, 9.17) is 9.57 Å². The van der Waals surface area contributed by atoms with Crippen LogP contribution >= 0.6 is 11.8 Å². The van der Waals surface area contributed by atoms with E-state index in [0.29, 0.717) is 12.2 Å². The second-order valence-corrected chi connectivity index (χ2v) is 8.30. The Labute approximate surface area is 172 Å². The quantitative estimate of drug-likeness (QED) is 0.501. The Kier molecular flexibility index (Phi) is 5.46. The number of oxime groups is 1. The minimum absolute atomic E-state index is 0.0935. The minimum atomic E-state index is -0.552. The van der Waals surface area contributed by atoms with Gasteiger partial charge in [-0.3, -0.25) is 0 Å². The van der Waals surface area contributed by atoms with Crippen molar-refractivity contribution in [3.63, 3.8) is 0 Å². The van der Waals surface area contributed by atoms with Crippen molar-refractivity contribution in [3.8, 4) is 5.75 Å². The number of thioether (sulfide) groups is 1. The van der Waals surface area contributed by atoms with Crippen molar-refractivity contribution in [2.75, 3.05) is 12.9 Å².